The lowest BCUT2D eigenvalue weighted by Crippen LogP contribution is -1.99. The average molecular weight is 188 g/mol. The van der Waals surface area contributed by atoms with Crippen molar-refractivity contribution < 1.29 is 17.9 Å². The molecule has 1 fully saturated rings. The van der Waals surface area contributed by atoms with Crippen molar-refractivity contribution >= 4 is 0 Å². The second-order valence-electron chi connectivity index (χ2n) is 3.02. The molecule has 0 spiro atoms. The Kier molecular flexibility index (Phi) is 1.90. The van der Waals surface area contributed by atoms with Crippen LogP contribution in [0.4, 0.5) is 13.2 Å². The number of hydrogen-bond donors (Lipinski definition) is 0. The first kappa shape index (κ1) is 8.41. The van der Waals surface area contributed by atoms with Crippen molar-refractivity contribution in [2.75, 3.05) is 0 Å². The van der Waals surface area contributed by atoms with Crippen LogP contribution >= 0.6 is 0 Å². The molecule has 0 unspecified atom stereocenters. The highest BCUT2D eigenvalue weighted by Gasteiger charge is 2.24. The minimum atomic E-state index is -1.46. The van der Waals surface area contributed by atoms with Gasteiger partial charge in [-0.1, -0.05) is 0 Å². The third-order valence-corrected chi connectivity index (χ3v) is 1.78. The molecule has 0 N–H and O–H groups in total. The maximum atomic E-state index is 12.6. The topological polar surface area (TPSA) is 9.23 Å². The first-order valence-electron chi connectivity index (χ1n) is 3.98. The van der Waals surface area contributed by atoms with E-state index in [1.807, 2.05) is 0 Å². The first-order chi connectivity index (χ1) is 6.16. The van der Waals surface area contributed by atoms with Crippen LogP contribution < -0.4 is 4.74 Å². The standard InChI is InChI=1S/C9H7F3O/c10-7-3-6(13-5-1-2-5)4-8(11)9(7)12/h3-5H,1-2H2. The molecule has 0 radical (unpaired) electrons. The van der Waals surface area contributed by atoms with Crippen molar-refractivity contribution in [3.05, 3.63) is 29.6 Å². The van der Waals surface area contributed by atoms with Crippen LogP contribution in [0.5, 0.6) is 5.75 Å². The predicted molar refractivity (Wildman–Crippen MR) is 40.0 cm³/mol. The van der Waals surface area contributed by atoms with E-state index in [0.29, 0.717) is 0 Å². The molecular weight excluding hydrogens is 181 g/mol. The van der Waals surface area contributed by atoms with E-state index in [9.17, 15) is 13.2 Å². The first-order valence-corrected chi connectivity index (χ1v) is 3.98. The Labute approximate surface area is 73.1 Å². The van der Waals surface area contributed by atoms with Crippen LogP contribution in [-0.2, 0) is 0 Å². The largest absolute Gasteiger partial charge is 0.490 e. The Morgan fingerprint density at radius 1 is 1.08 bits per heavy atom. The van der Waals surface area contributed by atoms with Crippen molar-refractivity contribution in [1.82, 2.24) is 0 Å². The molecule has 1 aromatic rings. The molecule has 0 amide bonds. The molecule has 70 valence electrons. The Morgan fingerprint density at radius 3 is 2.08 bits per heavy atom. The molecule has 1 nitrogen and oxygen atoms in total. The van der Waals surface area contributed by atoms with Gasteiger partial charge in [-0.15, -0.1) is 0 Å². The van der Waals surface area contributed by atoms with Crippen molar-refractivity contribution in [1.29, 1.82) is 0 Å². The fraction of sp³-hybridized carbons (Fsp3) is 0.333. The van der Waals surface area contributed by atoms with Crippen LogP contribution in [0.15, 0.2) is 12.1 Å². The van der Waals surface area contributed by atoms with Gasteiger partial charge in [-0.3, -0.25) is 0 Å². The molecule has 1 saturated carbocycles. The third kappa shape index (κ3) is 1.76. The molecule has 0 heterocycles. The molecule has 2 rings (SSSR count). The lowest BCUT2D eigenvalue weighted by Gasteiger charge is -2.04. The Hall–Kier alpha value is -1.19. The second kappa shape index (κ2) is 2.94. The summed E-state index contributed by atoms with van der Waals surface area (Å²) in [5, 5.41) is 0. The zero-order valence-corrected chi connectivity index (χ0v) is 6.69. The highest BCUT2D eigenvalue weighted by atomic mass is 19.2. The summed E-state index contributed by atoms with van der Waals surface area (Å²) in [6, 6.07) is 1.72. The fourth-order valence-corrected chi connectivity index (χ4v) is 0.979. The highest BCUT2D eigenvalue weighted by molar-refractivity contribution is 5.25. The van der Waals surface area contributed by atoms with Gasteiger partial charge in [-0.25, -0.2) is 13.2 Å². The van der Waals surface area contributed by atoms with Gasteiger partial charge in [0.2, 0.25) is 0 Å². The van der Waals surface area contributed by atoms with Crippen LogP contribution in [0, 0.1) is 17.5 Å². The predicted octanol–water partition coefficient (Wildman–Crippen LogP) is 2.65. The molecule has 1 aliphatic carbocycles. The van der Waals surface area contributed by atoms with E-state index in [2.05, 4.69) is 0 Å². The van der Waals surface area contributed by atoms with Crippen LogP contribution in [0.3, 0.4) is 0 Å². The molecule has 13 heavy (non-hydrogen) atoms. The summed E-state index contributed by atoms with van der Waals surface area (Å²) in [4.78, 5) is 0. The van der Waals surface area contributed by atoms with E-state index in [-0.39, 0.29) is 11.9 Å². The van der Waals surface area contributed by atoms with E-state index in [4.69, 9.17) is 4.74 Å². The number of ether oxygens (including phenoxy) is 1. The fourth-order valence-electron chi connectivity index (χ4n) is 0.979. The Bertz CT molecular complexity index is 311. The molecule has 0 bridgehead atoms. The lowest BCUT2D eigenvalue weighted by atomic mass is 10.3. The van der Waals surface area contributed by atoms with E-state index < -0.39 is 17.5 Å². The van der Waals surface area contributed by atoms with E-state index in [0.717, 1.165) is 25.0 Å². The summed E-state index contributed by atoms with van der Waals surface area (Å²) in [5.41, 5.74) is 0. The van der Waals surface area contributed by atoms with Gasteiger partial charge in [0.1, 0.15) is 5.75 Å². The average Bonchev–Trinajstić information content (AvgIpc) is 2.84. The van der Waals surface area contributed by atoms with Gasteiger partial charge in [0.15, 0.2) is 17.5 Å². The molecule has 1 aromatic carbocycles. The van der Waals surface area contributed by atoms with E-state index in [1.54, 1.807) is 0 Å². The van der Waals surface area contributed by atoms with Gasteiger partial charge in [0, 0.05) is 12.1 Å². The molecule has 0 atom stereocenters. The number of halogens is 3. The smallest absolute Gasteiger partial charge is 0.194 e. The van der Waals surface area contributed by atoms with Gasteiger partial charge in [0.25, 0.3) is 0 Å². The van der Waals surface area contributed by atoms with Crippen LogP contribution in [0.2, 0.25) is 0 Å². The maximum absolute atomic E-state index is 12.6. The molecule has 1 aliphatic rings. The van der Waals surface area contributed by atoms with Crippen LogP contribution in [0.25, 0.3) is 0 Å². The maximum Gasteiger partial charge on any atom is 0.194 e. The summed E-state index contributed by atoms with van der Waals surface area (Å²) in [7, 11) is 0. The van der Waals surface area contributed by atoms with Crippen molar-refractivity contribution in [3.63, 3.8) is 0 Å². The second-order valence-corrected chi connectivity index (χ2v) is 3.02. The van der Waals surface area contributed by atoms with Crippen molar-refractivity contribution in [2.24, 2.45) is 0 Å². The SMILES string of the molecule is Fc1cc(OC2CC2)cc(F)c1F. The van der Waals surface area contributed by atoms with Crippen LogP contribution in [0.1, 0.15) is 12.8 Å². The van der Waals surface area contributed by atoms with Gasteiger partial charge in [-0.05, 0) is 12.8 Å². The summed E-state index contributed by atoms with van der Waals surface area (Å²) in [5.74, 6) is -3.83. The minimum absolute atomic E-state index is 0.0456. The lowest BCUT2D eigenvalue weighted by molar-refractivity contribution is 0.297. The highest BCUT2D eigenvalue weighted by Crippen LogP contribution is 2.28. The normalized spacial score (nSPS) is 15.9. The van der Waals surface area contributed by atoms with Crippen LogP contribution in [-0.4, -0.2) is 6.10 Å². The molecule has 0 aromatic heterocycles. The quantitative estimate of drug-likeness (QED) is 0.648. The number of benzene rings is 1. The zero-order valence-electron chi connectivity index (χ0n) is 6.69. The molecule has 4 heteroatoms. The summed E-state index contributed by atoms with van der Waals surface area (Å²) in [6.07, 6.45) is 1.82. The number of hydrogen-bond acceptors (Lipinski definition) is 1. The summed E-state index contributed by atoms with van der Waals surface area (Å²) >= 11 is 0. The van der Waals surface area contributed by atoms with Crippen molar-refractivity contribution in [2.45, 2.75) is 18.9 Å². The zero-order chi connectivity index (χ0) is 9.42. The van der Waals surface area contributed by atoms with Gasteiger partial charge in [-0.2, -0.15) is 0 Å². The molecule has 0 aliphatic heterocycles. The summed E-state index contributed by atoms with van der Waals surface area (Å²) < 4.78 is 42.8. The van der Waals surface area contributed by atoms with Gasteiger partial charge >= 0.3 is 0 Å². The van der Waals surface area contributed by atoms with Gasteiger partial charge < -0.3 is 4.74 Å². The Morgan fingerprint density at radius 2 is 1.62 bits per heavy atom. The third-order valence-electron chi connectivity index (χ3n) is 1.78. The minimum Gasteiger partial charge on any atom is -0.490 e. The van der Waals surface area contributed by atoms with E-state index in [1.165, 1.54) is 0 Å². The Balaban J connectivity index is 2.25. The monoisotopic (exact) mass is 188 g/mol. The molecular formula is C9H7F3O. The summed E-state index contributed by atoms with van der Waals surface area (Å²) in [6.45, 7) is 0. The van der Waals surface area contributed by atoms with E-state index >= 15 is 0 Å². The van der Waals surface area contributed by atoms with Crippen molar-refractivity contribution in [3.8, 4) is 5.75 Å². The van der Waals surface area contributed by atoms with Gasteiger partial charge in [0.05, 0.1) is 6.10 Å². The number of rotatable bonds is 2. The molecule has 0 saturated heterocycles.